The van der Waals surface area contributed by atoms with Crippen LogP contribution in [-0.2, 0) is 6.18 Å². The standard InChI is InChI=1S/C11H6F4N4/c1-5-2-6(11(13,14)15)3-7(9(5)12)10-8(4-16)17-19-18-10/h2-3H,1H3,(H,17,18,19). The van der Waals surface area contributed by atoms with Gasteiger partial charge < -0.3 is 0 Å². The third kappa shape index (κ3) is 2.27. The topological polar surface area (TPSA) is 65.4 Å². The van der Waals surface area contributed by atoms with Crippen molar-refractivity contribution in [1.29, 1.82) is 5.26 Å². The van der Waals surface area contributed by atoms with Gasteiger partial charge in [-0.25, -0.2) is 4.39 Å². The van der Waals surface area contributed by atoms with Crippen LogP contribution in [0.4, 0.5) is 17.6 Å². The molecule has 1 N–H and O–H groups in total. The lowest BCUT2D eigenvalue weighted by atomic mass is 10.0. The molecule has 0 saturated carbocycles. The highest BCUT2D eigenvalue weighted by atomic mass is 19.4. The number of benzene rings is 1. The minimum atomic E-state index is -4.61. The van der Waals surface area contributed by atoms with Gasteiger partial charge in [-0.15, -0.1) is 5.10 Å². The molecule has 0 amide bonds. The molecule has 0 radical (unpaired) electrons. The molecule has 2 rings (SSSR count). The summed E-state index contributed by atoms with van der Waals surface area (Å²) >= 11 is 0. The molecule has 4 nitrogen and oxygen atoms in total. The minimum absolute atomic E-state index is 0.184. The first kappa shape index (κ1) is 13.0. The van der Waals surface area contributed by atoms with E-state index in [-0.39, 0.29) is 17.0 Å². The number of halogens is 4. The summed E-state index contributed by atoms with van der Waals surface area (Å²) in [6.07, 6.45) is -4.61. The van der Waals surface area contributed by atoms with E-state index in [2.05, 4.69) is 15.4 Å². The fourth-order valence-corrected chi connectivity index (χ4v) is 1.60. The number of hydrogen-bond donors (Lipinski definition) is 1. The number of nitrogens with zero attached hydrogens (tertiary/aromatic N) is 3. The van der Waals surface area contributed by atoms with Crippen molar-refractivity contribution < 1.29 is 17.6 Å². The number of aromatic amines is 1. The number of aromatic nitrogens is 3. The number of rotatable bonds is 1. The molecule has 98 valence electrons. The van der Waals surface area contributed by atoms with Crippen LogP contribution in [0, 0.1) is 24.1 Å². The van der Waals surface area contributed by atoms with Crippen LogP contribution in [0.25, 0.3) is 11.3 Å². The number of alkyl halides is 3. The molecule has 0 unspecified atom stereocenters. The predicted octanol–water partition coefficient (Wildman–Crippen LogP) is 2.81. The fourth-order valence-electron chi connectivity index (χ4n) is 1.60. The Morgan fingerprint density at radius 3 is 2.53 bits per heavy atom. The second-order valence-corrected chi connectivity index (χ2v) is 3.79. The van der Waals surface area contributed by atoms with E-state index in [0.717, 1.165) is 0 Å². The summed E-state index contributed by atoms with van der Waals surface area (Å²) < 4.78 is 51.9. The highest BCUT2D eigenvalue weighted by molar-refractivity contribution is 5.66. The minimum Gasteiger partial charge on any atom is -0.206 e. The highest BCUT2D eigenvalue weighted by Gasteiger charge is 2.32. The second kappa shape index (κ2) is 4.35. The van der Waals surface area contributed by atoms with Gasteiger partial charge in [0, 0.05) is 5.56 Å². The maximum Gasteiger partial charge on any atom is 0.416 e. The summed E-state index contributed by atoms with van der Waals surface area (Å²) in [6.45, 7) is 1.21. The van der Waals surface area contributed by atoms with Gasteiger partial charge in [0.25, 0.3) is 0 Å². The van der Waals surface area contributed by atoms with Crippen LogP contribution >= 0.6 is 0 Å². The largest absolute Gasteiger partial charge is 0.416 e. The molecule has 0 aliphatic heterocycles. The number of H-pyrrole nitrogens is 1. The molecular formula is C11H6F4N4. The predicted molar refractivity (Wildman–Crippen MR) is 56.2 cm³/mol. The highest BCUT2D eigenvalue weighted by Crippen LogP contribution is 2.35. The van der Waals surface area contributed by atoms with E-state index in [4.69, 9.17) is 5.26 Å². The van der Waals surface area contributed by atoms with E-state index in [1.165, 1.54) is 6.92 Å². The van der Waals surface area contributed by atoms with Gasteiger partial charge in [-0.2, -0.15) is 28.7 Å². The van der Waals surface area contributed by atoms with Crippen LogP contribution in [0.15, 0.2) is 12.1 Å². The Balaban J connectivity index is 2.71. The van der Waals surface area contributed by atoms with Crippen LogP contribution in [0.5, 0.6) is 0 Å². The van der Waals surface area contributed by atoms with E-state index in [0.29, 0.717) is 12.1 Å². The molecular weight excluding hydrogens is 264 g/mol. The third-order valence-electron chi connectivity index (χ3n) is 2.49. The fraction of sp³-hybridized carbons (Fsp3) is 0.182. The first-order valence-corrected chi connectivity index (χ1v) is 5.03. The van der Waals surface area contributed by atoms with Crippen LogP contribution in [0.3, 0.4) is 0 Å². The number of aryl methyl sites for hydroxylation is 1. The Labute approximate surface area is 104 Å². The van der Waals surface area contributed by atoms with Gasteiger partial charge in [0.1, 0.15) is 17.6 Å². The summed E-state index contributed by atoms with van der Waals surface area (Å²) in [4.78, 5) is 0. The number of nitrogens with one attached hydrogen (secondary N) is 1. The van der Waals surface area contributed by atoms with E-state index in [1.807, 2.05) is 0 Å². The van der Waals surface area contributed by atoms with Gasteiger partial charge in [0.2, 0.25) is 0 Å². The van der Waals surface area contributed by atoms with Gasteiger partial charge in [0.15, 0.2) is 5.69 Å². The summed E-state index contributed by atoms with van der Waals surface area (Å²) in [6, 6.07) is 2.94. The maximum atomic E-state index is 13.9. The van der Waals surface area contributed by atoms with Gasteiger partial charge in [0.05, 0.1) is 5.56 Å². The number of hydrogen-bond acceptors (Lipinski definition) is 3. The second-order valence-electron chi connectivity index (χ2n) is 3.79. The molecule has 0 aliphatic carbocycles. The first-order chi connectivity index (χ1) is 8.84. The van der Waals surface area contributed by atoms with Crippen molar-refractivity contribution in [3.8, 4) is 17.3 Å². The van der Waals surface area contributed by atoms with E-state index >= 15 is 0 Å². The molecule has 0 bridgehead atoms. The Hall–Kier alpha value is -2.43. The molecule has 0 aliphatic rings. The zero-order valence-electron chi connectivity index (χ0n) is 9.51. The Morgan fingerprint density at radius 2 is 1.95 bits per heavy atom. The van der Waals surface area contributed by atoms with E-state index < -0.39 is 23.1 Å². The molecule has 8 heteroatoms. The summed E-state index contributed by atoms with van der Waals surface area (Å²) in [5, 5.41) is 17.8. The summed E-state index contributed by atoms with van der Waals surface area (Å²) in [7, 11) is 0. The van der Waals surface area contributed by atoms with Gasteiger partial charge in [-0.1, -0.05) is 0 Å². The van der Waals surface area contributed by atoms with Gasteiger partial charge >= 0.3 is 6.18 Å². The normalized spacial score (nSPS) is 11.4. The molecule has 1 heterocycles. The van der Waals surface area contributed by atoms with Crippen molar-refractivity contribution in [2.24, 2.45) is 0 Å². The molecule has 1 aromatic carbocycles. The molecule has 1 aromatic heterocycles. The third-order valence-corrected chi connectivity index (χ3v) is 2.49. The zero-order valence-corrected chi connectivity index (χ0v) is 9.51. The molecule has 19 heavy (non-hydrogen) atoms. The van der Waals surface area contributed by atoms with Crippen molar-refractivity contribution >= 4 is 0 Å². The van der Waals surface area contributed by atoms with Crippen LogP contribution in [0.1, 0.15) is 16.8 Å². The Morgan fingerprint density at radius 1 is 1.26 bits per heavy atom. The SMILES string of the molecule is Cc1cc(C(F)(F)F)cc(-c2n[nH]nc2C#N)c1F. The van der Waals surface area contributed by atoms with Gasteiger partial charge in [-0.3, -0.25) is 0 Å². The Kier molecular flexibility index (Phi) is 2.98. The van der Waals surface area contributed by atoms with Crippen molar-refractivity contribution in [1.82, 2.24) is 15.4 Å². The average Bonchev–Trinajstić information content (AvgIpc) is 2.79. The van der Waals surface area contributed by atoms with Crippen molar-refractivity contribution in [3.63, 3.8) is 0 Å². The lowest BCUT2D eigenvalue weighted by Gasteiger charge is -2.10. The van der Waals surface area contributed by atoms with Crippen LogP contribution in [0.2, 0.25) is 0 Å². The molecule has 0 spiro atoms. The average molecular weight is 270 g/mol. The van der Waals surface area contributed by atoms with Crippen LogP contribution < -0.4 is 0 Å². The monoisotopic (exact) mass is 270 g/mol. The molecule has 0 atom stereocenters. The van der Waals surface area contributed by atoms with E-state index in [1.54, 1.807) is 6.07 Å². The quantitative estimate of drug-likeness (QED) is 0.810. The molecule has 0 fully saturated rings. The lowest BCUT2D eigenvalue weighted by molar-refractivity contribution is -0.137. The van der Waals surface area contributed by atoms with Crippen molar-refractivity contribution in [3.05, 3.63) is 34.8 Å². The zero-order chi connectivity index (χ0) is 14.2. The summed E-state index contributed by atoms with van der Waals surface area (Å²) in [5.41, 5.74) is -2.10. The molecule has 0 saturated heterocycles. The van der Waals surface area contributed by atoms with Crippen molar-refractivity contribution in [2.45, 2.75) is 13.1 Å². The smallest absolute Gasteiger partial charge is 0.206 e. The van der Waals surface area contributed by atoms with E-state index in [9.17, 15) is 17.6 Å². The molecule has 2 aromatic rings. The number of nitriles is 1. The maximum absolute atomic E-state index is 13.9. The Bertz CT molecular complexity index is 666. The van der Waals surface area contributed by atoms with Crippen LogP contribution in [-0.4, -0.2) is 15.4 Å². The lowest BCUT2D eigenvalue weighted by Crippen LogP contribution is -2.07. The van der Waals surface area contributed by atoms with Gasteiger partial charge in [-0.05, 0) is 24.6 Å². The summed E-state index contributed by atoms with van der Waals surface area (Å²) in [5.74, 6) is -0.863. The van der Waals surface area contributed by atoms with Crippen molar-refractivity contribution in [2.75, 3.05) is 0 Å². The first-order valence-electron chi connectivity index (χ1n) is 5.03.